The van der Waals surface area contributed by atoms with Crippen LogP contribution in [0.1, 0.15) is 69.4 Å². The first-order chi connectivity index (χ1) is 14.6. The van der Waals surface area contributed by atoms with Gasteiger partial charge in [-0.15, -0.1) is 0 Å². The number of nitrogens with zero attached hydrogens (tertiary/aromatic N) is 2. The topological polar surface area (TPSA) is 66.9 Å². The van der Waals surface area contributed by atoms with Gasteiger partial charge in [0.2, 0.25) is 17.7 Å². The maximum Gasteiger partial charge on any atom is 0.233 e. The SMILES string of the molecule is COc1ccc(C2CCCCCN2C(=O)CCN2C(=O)C3CCCCC3C2=O)cc1. The van der Waals surface area contributed by atoms with Crippen molar-refractivity contribution in [3.63, 3.8) is 0 Å². The Hall–Kier alpha value is -2.37. The normalized spacial score (nSPS) is 27.0. The van der Waals surface area contributed by atoms with Crippen molar-refractivity contribution in [3.8, 4) is 5.75 Å². The fraction of sp³-hybridized carbons (Fsp3) is 0.625. The molecule has 1 saturated carbocycles. The second-order valence-corrected chi connectivity index (χ2v) is 8.80. The van der Waals surface area contributed by atoms with Crippen LogP contribution in [0.25, 0.3) is 0 Å². The van der Waals surface area contributed by atoms with Gasteiger partial charge in [-0.3, -0.25) is 19.3 Å². The Morgan fingerprint density at radius 1 is 0.933 bits per heavy atom. The lowest BCUT2D eigenvalue weighted by molar-refractivity contribution is -0.141. The van der Waals surface area contributed by atoms with Gasteiger partial charge in [0.25, 0.3) is 0 Å². The van der Waals surface area contributed by atoms with Crippen LogP contribution in [0.15, 0.2) is 24.3 Å². The lowest BCUT2D eigenvalue weighted by Crippen LogP contribution is -2.39. The lowest BCUT2D eigenvalue weighted by atomic mass is 9.81. The number of likely N-dealkylation sites (tertiary alicyclic amines) is 2. The summed E-state index contributed by atoms with van der Waals surface area (Å²) in [5.41, 5.74) is 1.12. The van der Waals surface area contributed by atoms with Crippen LogP contribution in [0.4, 0.5) is 0 Å². The molecule has 6 nitrogen and oxygen atoms in total. The van der Waals surface area contributed by atoms with Gasteiger partial charge in [-0.2, -0.15) is 0 Å². The van der Waals surface area contributed by atoms with Gasteiger partial charge in [0, 0.05) is 19.5 Å². The molecular weight excluding hydrogens is 380 g/mol. The first-order valence-electron chi connectivity index (χ1n) is 11.4. The van der Waals surface area contributed by atoms with Crippen molar-refractivity contribution in [3.05, 3.63) is 29.8 Å². The van der Waals surface area contributed by atoms with Gasteiger partial charge in [0.15, 0.2) is 0 Å². The third-order valence-electron chi connectivity index (χ3n) is 7.06. The number of benzene rings is 1. The van der Waals surface area contributed by atoms with Crippen LogP contribution >= 0.6 is 0 Å². The van der Waals surface area contributed by atoms with E-state index in [4.69, 9.17) is 4.74 Å². The number of rotatable bonds is 5. The summed E-state index contributed by atoms with van der Waals surface area (Å²) in [6.07, 6.45) is 8.00. The van der Waals surface area contributed by atoms with Crippen molar-refractivity contribution in [1.82, 2.24) is 9.80 Å². The van der Waals surface area contributed by atoms with E-state index < -0.39 is 0 Å². The molecule has 3 amide bonds. The number of carbonyl (C=O) groups excluding carboxylic acids is 3. The van der Waals surface area contributed by atoms with Gasteiger partial charge in [0.05, 0.1) is 25.0 Å². The lowest BCUT2D eigenvalue weighted by Gasteiger charge is -2.31. The summed E-state index contributed by atoms with van der Waals surface area (Å²) in [5, 5.41) is 0. The zero-order valence-electron chi connectivity index (χ0n) is 17.8. The standard InChI is InChI=1S/C24H32N2O4/c1-30-18-12-10-17(11-13-18)21-9-3-2-6-15-25(21)22(27)14-16-26-23(28)19-7-4-5-8-20(19)24(26)29/h10-13,19-21H,2-9,14-16H2,1H3. The molecule has 6 heteroatoms. The zero-order chi connectivity index (χ0) is 21.1. The van der Waals surface area contributed by atoms with E-state index in [0.29, 0.717) is 0 Å². The van der Waals surface area contributed by atoms with Gasteiger partial charge in [-0.1, -0.05) is 37.8 Å². The van der Waals surface area contributed by atoms with Gasteiger partial charge in [0.1, 0.15) is 5.75 Å². The summed E-state index contributed by atoms with van der Waals surface area (Å²) >= 11 is 0. The highest BCUT2D eigenvalue weighted by Crippen LogP contribution is 2.38. The monoisotopic (exact) mass is 412 g/mol. The molecule has 1 aromatic carbocycles. The molecule has 4 rings (SSSR count). The number of hydrogen-bond donors (Lipinski definition) is 0. The van der Waals surface area contributed by atoms with Crippen LogP contribution in [0.3, 0.4) is 0 Å². The van der Waals surface area contributed by atoms with E-state index in [1.165, 1.54) is 4.90 Å². The number of methoxy groups -OCH3 is 1. The van der Waals surface area contributed by atoms with Gasteiger partial charge in [-0.05, 0) is 43.4 Å². The predicted octanol–water partition coefficient (Wildman–Crippen LogP) is 3.70. The van der Waals surface area contributed by atoms with Gasteiger partial charge >= 0.3 is 0 Å². The first-order valence-corrected chi connectivity index (χ1v) is 11.4. The number of fused-ring (bicyclic) bond motifs is 1. The van der Waals surface area contributed by atoms with Gasteiger partial charge in [-0.25, -0.2) is 0 Å². The van der Waals surface area contributed by atoms with Crippen LogP contribution in [0.5, 0.6) is 5.75 Å². The Labute approximate surface area is 178 Å². The highest BCUT2D eigenvalue weighted by atomic mass is 16.5. The average Bonchev–Trinajstić information content (AvgIpc) is 2.94. The Kier molecular flexibility index (Phi) is 6.40. The summed E-state index contributed by atoms with van der Waals surface area (Å²) in [6.45, 7) is 0.942. The minimum Gasteiger partial charge on any atom is -0.497 e. The van der Waals surface area contributed by atoms with Crippen molar-refractivity contribution < 1.29 is 19.1 Å². The molecule has 0 radical (unpaired) electrons. The maximum atomic E-state index is 13.2. The molecule has 3 aliphatic rings. The molecule has 0 spiro atoms. The number of hydrogen-bond acceptors (Lipinski definition) is 4. The molecule has 2 aliphatic heterocycles. The van der Waals surface area contributed by atoms with Crippen molar-refractivity contribution in [1.29, 1.82) is 0 Å². The van der Waals surface area contributed by atoms with E-state index in [1.807, 2.05) is 29.2 Å². The third kappa shape index (κ3) is 4.09. The van der Waals surface area contributed by atoms with Gasteiger partial charge < -0.3 is 9.64 Å². The molecule has 30 heavy (non-hydrogen) atoms. The molecule has 3 unspecified atom stereocenters. The van der Waals surface area contributed by atoms with E-state index in [0.717, 1.165) is 69.2 Å². The van der Waals surface area contributed by atoms with Crippen molar-refractivity contribution >= 4 is 17.7 Å². The summed E-state index contributed by atoms with van der Waals surface area (Å²) < 4.78 is 5.26. The minimum atomic E-state index is -0.147. The summed E-state index contributed by atoms with van der Waals surface area (Å²) in [4.78, 5) is 42.0. The second-order valence-electron chi connectivity index (χ2n) is 8.80. The molecule has 162 valence electrons. The van der Waals surface area contributed by atoms with Crippen LogP contribution in [-0.4, -0.2) is 47.7 Å². The number of carbonyl (C=O) groups is 3. The summed E-state index contributed by atoms with van der Waals surface area (Å²) in [5.74, 6) is 0.435. The Bertz CT molecular complexity index is 767. The minimum absolute atomic E-state index is 0.0354. The highest BCUT2D eigenvalue weighted by molar-refractivity contribution is 6.05. The molecule has 2 saturated heterocycles. The smallest absolute Gasteiger partial charge is 0.233 e. The van der Waals surface area contributed by atoms with Crippen molar-refractivity contribution in [2.45, 2.75) is 63.8 Å². The summed E-state index contributed by atoms with van der Waals surface area (Å²) in [6, 6.07) is 7.98. The molecule has 3 atom stereocenters. The van der Waals surface area contributed by atoms with Crippen molar-refractivity contribution in [2.24, 2.45) is 11.8 Å². The third-order valence-corrected chi connectivity index (χ3v) is 7.06. The molecule has 3 fully saturated rings. The summed E-state index contributed by atoms with van der Waals surface area (Å²) in [7, 11) is 1.65. The van der Waals surface area contributed by atoms with Crippen LogP contribution in [0.2, 0.25) is 0 Å². The molecule has 0 N–H and O–H groups in total. The van der Waals surface area contributed by atoms with Crippen LogP contribution in [-0.2, 0) is 14.4 Å². The van der Waals surface area contributed by atoms with Crippen LogP contribution in [0, 0.1) is 11.8 Å². The fourth-order valence-electron chi connectivity index (χ4n) is 5.38. The molecule has 0 bridgehead atoms. The quantitative estimate of drug-likeness (QED) is 0.692. The van der Waals surface area contributed by atoms with E-state index in [1.54, 1.807) is 7.11 Å². The Balaban J connectivity index is 1.43. The molecular formula is C24H32N2O4. The molecule has 1 aromatic rings. The Morgan fingerprint density at radius 3 is 2.20 bits per heavy atom. The molecule has 2 heterocycles. The van der Waals surface area contributed by atoms with Crippen LogP contribution < -0.4 is 4.74 Å². The van der Waals surface area contributed by atoms with Crippen molar-refractivity contribution in [2.75, 3.05) is 20.2 Å². The van der Waals surface area contributed by atoms with E-state index in [9.17, 15) is 14.4 Å². The number of imide groups is 1. The highest BCUT2D eigenvalue weighted by Gasteiger charge is 2.48. The molecule has 0 aromatic heterocycles. The zero-order valence-corrected chi connectivity index (χ0v) is 17.8. The van der Waals surface area contributed by atoms with E-state index in [2.05, 4.69) is 0 Å². The Morgan fingerprint density at radius 2 is 1.57 bits per heavy atom. The average molecular weight is 413 g/mol. The number of amides is 3. The largest absolute Gasteiger partial charge is 0.497 e. The predicted molar refractivity (Wildman–Crippen MR) is 113 cm³/mol. The maximum absolute atomic E-state index is 13.2. The second kappa shape index (κ2) is 9.19. The number of ether oxygens (including phenoxy) is 1. The molecule has 1 aliphatic carbocycles. The first kappa shape index (κ1) is 20.9. The van der Waals surface area contributed by atoms with E-state index in [-0.39, 0.29) is 48.6 Å². The fourth-order valence-corrected chi connectivity index (χ4v) is 5.38. The van der Waals surface area contributed by atoms with E-state index >= 15 is 0 Å².